The number of nitro benzene ring substituents is 1. The maximum Gasteiger partial charge on any atom is 0.340 e. The Labute approximate surface area is 150 Å². The van der Waals surface area contributed by atoms with E-state index in [2.05, 4.69) is 10.3 Å². The lowest BCUT2D eigenvalue weighted by molar-refractivity contribution is -0.385. The van der Waals surface area contributed by atoms with E-state index in [0.717, 1.165) is 0 Å². The van der Waals surface area contributed by atoms with E-state index in [1.807, 2.05) is 0 Å². The van der Waals surface area contributed by atoms with Crippen LogP contribution >= 0.6 is 0 Å². The molecule has 26 heavy (non-hydrogen) atoms. The van der Waals surface area contributed by atoms with Crippen molar-refractivity contribution in [1.29, 1.82) is 0 Å². The Hall–Kier alpha value is -3.16. The molecule has 0 aliphatic rings. The zero-order chi connectivity index (χ0) is 19.6. The number of hydrogen-bond acceptors (Lipinski definition) is 5. The number of benzene rings is 1. The molecule has 2 rings (SSSR count). The van der Waals surface area contributed by atoms with Gasteiger partial charge in [0, 0.05) is 23.0 Å². The number of carbonyl (C=O) groups is 2. The summed E-state index contributed by atoms with van der Waals surface area (Å²) in [5, 5.41) is 13.6. The van der Waals surface area contributed by atoms with Crippen LogP contribution < -0.4 is 5.32 Å². The largest absolute Gasteiger partial charge is 0.459 e. The molecular formula is C18H21N3O5. The average Bonchev–Trinajstić information content (AvgIpc) is 2.83. The quantitative estimate of drug-likeness (QED) is 0.480. The zero-order valence-corrected chi connectivity index (χ0v) is 15.3. The molecule has 8 nitrogen and oxygen atoms in total. The van der Waals surface area contributed by atoms with E-state index in [-0.39, 0.29) is 17.5 Å². The molecule has 8 heteroatoms. The van der Waals surface area contributed by atoms with Crippen molar-refractivity contribution in [3.8, 4) is 0 Å². The van der Waals surface area contributed by atoms with Crippen molar-refractivity contribution in [2.45, 2.75) is 40.7 Å². The molecule has 0 atom stereocenters. The van der Waals surface area contributed by atoms with Gasteiger partial charge in [-0.2, -0.15) is 0 Å². The molecule has 0 bridgehead atoms. The number of aromatic amines is 1. The summed E-state index contributed by atoms with van der Waals surface area (Å²) in [6.07, 6.45) is -0.276. The molecule has 0 saturated heterocycles. The molecule has 0 spiro atoms. The van der Waals surface area contributed by atoms with Gasteiger partial charge in [0.1, 0.15) is 5.69 Å². The van der Waals surface area contributed by atoms with Gasteiger partial charge in [-0.1, -0.05) is 6.07 Å². The first-order chi connectivity index (χ1) is 12.1. The third-order valence-corrected chi connectivity index (χ3v) is 3.88. The van der Waals surface area contributed by atoms with Gasteiger partial charge in [-0.25, -0.2) is 4.79 Å². The van der Waals surface area contributed by atoms with E-state index >= 15 is 0 Å². The van der Waals surface area contributed by atoms with Crippen molar-refractivity contribution < 1.29 is 19.2 Å². The number of ether oxygens (including phenoxy) is 1. The number of esters is 1. The van der Waals surface area contributed by atoms with Gasteiger partial charge in [-0.15, -0.1) is 0 Å². The second-order valence-electron chi connectivity index (χ2n) is 6.29. The number of amides is 1. The fourth-order valence-electron chi connectivity index (χ4n) is 2.63. The van der Waals surface area contributed by atoms with Crippen LogP contribution in [0.25, 0.3) is 0 Å². The number of hydrogen-bond donors (Lipinski definition) is 2. The first-order valence-electron chi connectivity index (χ1n) is 8.08. The van der Waals surface area contributed by atoms with Crippen LogP contribution in [-0.2, 0) is 4.74 Å². The molecule has 2 aromatic rings. The summed E-state index contributed by atoms with van der Waals surface area (Å²) >= 11 is 0. The van der Waals surface area contributed by atoms with Crippen molar-refractivity contribution in [1.82, 2.24) is 4.98 Å². The molecule has 0 fully saturated rings. The summed E-state index contributed by atoms with van der Waals surface area (Å²) < 4.78 is 5.20. The fourth-order valence-corrected chi connectivity index (χ4v) is 2.63. The maximum atomic E-state index is 12.5. The molecular weight excluding hydrogens is 338 g/mol. The lowest BCUT2D eigenvalue weighted by Crippen LogP contribution is -2.15. The smallest absolute Gasteiger partial charge is 0.340 e. The van der Waals surface area contributed by atoms with Crippen molar-refractivity contribution in [3.63, 3.8) is 0 Å². The molecule has 1 aromatic carbocycles. The van der Waals surface area contributed by atoms with E-state index < -0.39 is 16.8 Å². The summed E-state index contributed by atoms with van der Waals surface area (Å²) in [6.45, 7) is 8.43. The van der Waals surface area contributed by atoms with Crippen LogP contribution in [0.3, 0.4) is 0 Å². The predicted octanol–water partition coefficient (Wildman–Crippen LogP) is 3.67. The third kappa shape index (κ3) is 3.90. The van der Waals surface area contributed by atoms with Gasteiger partial charge in [-0.05, 0) is 46.2 Å². The molecule has 2 N–H and O–H groups in total. The van der Waals surface area contributed by atoms with Gasteiger partial charge in [0.2, 0.25) is 0 Å². The number of aryl methyl sites for hydroxylation is 2. The van der Waals surface area contributed by atoms with Crippen molar-refractivity contribution in [2.75, 3.05) is 5.32 Å². The van der Waals surface area contributed by atoms with E-state index in [4.69, 9.17) is 4.74 Å². The molecule has 0 radical (unpaired) electrons. The third-order valence-electron chi connectivity index (χ3n) is 3.88. The molecule has 0 unspecified atom stereocenters. The fraction of sp³-hybridized carbons (Fsp3) is 0.333. The van der Waals surface area contributed by atoms with Crippen LogP contribution in [0.5, 0.6) is 0 Å². The Bertz CT molecular complexity index is 883. The SMILES string of the molecule is Cc1ccc(NC(=O)c2[nH]c(C)c(C(=O)OC(C)C)c2C)cc1[N+](=O)[O-]. The Balaban J connectivity index is 2.30. The second-order valence-corrected chi connectivity index (χ2v) is 6.29. The van der Waals surface area contributed by atoms with E-state index in [9.17, 15) is 19.7 Å². The van der Waals surface area contributed by atoms with Gasteiger partial charge in [-0.3, -0.25) is 14.9 Å². The van der Waals surface area contributed by atoms with Crippen molar-refractivity contribution in [3.05, 3.63) is 56.4 Å². The minimum atomic E-state index is -0.505. The summed E-state index contributed by atoms with van der Waals surface area (Å²) in [4.78, 5) is 38.2. The molecule has 1 amide bonds. The highest BCUT2D eigenvalue weighted by Gasteiger charge is 2.24. The minimum Gasteiger partial charge on any atom is -0.459 e. The summed E-state index contributed by atoms with van der Waals surface area (Å²) in [5.74, 6) is -0.997. The van der Waals surface area contributed by atoms with Crippen LogP contribution in [-0.4, -0.2) is 27.9 Å². The van der Waals surface area contributed by atoms with Crippen molar-refractivity contribution >= 4 is 23.3 Å². The summed E-state index contributed by atoms with van der Waals surface area (Å²) in [5.41, 5.74) is 2.23. The number of rotatable bonds is 5. The van der Waals surface area contributed by atoms with Gasteiger partial charge in [0.05, 0.1) is 16.6 Å². The maximum absolute atomic E-state index is 12.5. The Morgan fingerprint density at radius 3 is 2.46 bits per heavy atom. The lowest BCUT2D eigenvalue weighted by atomic mass is 10.1. The normalized spacial score (nSPS) is 10.7. The lowest BCUT2D eigenvalue weighted by Gasteiger charge is -2.08. The predicted molar refractivity (Wildman–Crippen MR) is 96.6 cm³/mol. The number of H-pyrrole nitrogens is 1. The number of aromatic nitrogens is 1. The molecule has 1 heterocycles. The monoisotopic (exact) mass is 359 g/mol. The summed E-state index contributed by atoms with van der Waals surface area (Å²) in [6, 6.07) is 4.44. The van der Waals surface area contributed by atoms with Gasteiger partial charge in [0.15, 0.2) is 0 Å². The van der Waals surface area contributed by atoms with Crippen LogP contribution in [0.15, 0.2) is 18.2 Å². The number of nitrogens with one attached hydrogen (secondary N) is 2. The van der Waals surface area contributed by atoms with Crippen molar-refractivity contribution in [2.24, 2.45) is 0 Å². The number of anilines is 1. The zero-order valence-electron chi connectivity index (χ0n) is 15.3. The topological polar surface area (TPSA) is 114 Å². The first-order valence-corrected chi connectivity index (χ1v) is 8.08. The second kappa shape index (κ2) is 7.38. The van der Waals surface area contributed by atoms with Crippen LogP contribution in [0.1, 0.15) is 51.5 Å². The molecule has 138 valence electrons. The number of carbonyl (C=O) groups excluding carboxylic acids is 2. The Morgan fingerprint density at radius 2 is 1.88 bits per heavy atom. The highest BCUT2D eigenvalue weighted by atomic mass is 16.6. The molecule has 0 aliphatic heterocycles. The average molecular weight is 359 g/mol. The van der Waals surface area contributed by atoms with E-state index in [1.165, 1.54) is 6.07 Å². The van der Waals surface area contributed by atoms with Crippen LogP contribution in [0, 0.1) is 30.9 Å². The molecule has 0 saturated carbocycles. The minimum absolute atomic E-state index is 0.0802. The van der Waals surface area contributed by atoms with Gasteiger partial charge >= 0.3 is 5.97 Å². The number of nitro groups is 1. The van der Waals surface area contributed by atoms with E-state index in [1.54, 1.807) is 46.8 Å². The highest BCUT2D eigenvalue weighted by molar-refractivity contribution is 6.07. The summed E-state index contributed by atoms with van der Waals surface area (Å²) in [7, 11) is 0. The standard InChI is InChI=1S/C18H21N3O5/c1-9(2)26-18(23)15-11(4)16(19-12(15)5)17(22)20-13-7-6-10(3)14(8-13)21(24)25/h6-9,19H,1-5H3,(H,20,22). The first kappa shape index (κ1) is 19.2. The van der Waals surface area contributed by atoms with Gasteiger partial charge in [0.25, 0.3) is 11.6 Å². The highest BCUT2D eigenvalue weighted by Crippen LogP contribution is 2.24. The van der Waals surface area contributed by atoms with Gasteiger partial charge < -0.3 is 15.0 Å². The van der Waals surface area contributed by atoms with E-state index in [0.29, 0.717) is 28.1 Å². The number of nitrogens with zero attached hydrogens (tertiary/aromatic N) is 1. The molecule has 1 aromatic heterocycles. The Morgan fingerprint density at radius 1 is 1.23 bits per heavy atom. The van der Waals surface area contributed by atoms with Crippen LogP contribution in [0.4, 0.5) is 11.4 Å². The Kier molecular flexibility index (Phi) is 5.44. The molecule has 0 aliphatic carbocycles. The van der Waals surface area contributed by atoms with Crippen LogP contribution in [0.2, 0.25) is 0 Å².